The molecule has 5 rings (SSSR count). The lowest BCUT2D eigenvalue weighted by Gasteiger charge is -2.19. The molecule has 0 saturated carbocycles. The summed E-state index contributed by atoms with van der Waals surface area (Å²) in [6, 6.07) is 21.3. The van der Waals surface area contributed by atoms with Gasteiger partial charge in [-0.15, -0.1) is 0 Å². The van der Waals surface area contributed by atoms with E-state index in [4.69, 9.17) is 4.74 Å². The highest BCUT2D eigenvalue weighted by Crippen LogP contribution is 2.46. The number of fused-ring (bicyclic) bond motifs is 3. The standard InChI is InChI=1S/C32H28F2O3/c1-18-8-15-26(31(35)36-4)29(20(18)3)28-19(2)9-14-25-27(28)17-23-7-5-6-22(30(23)25)16-21-10-12-24(13-11-21)37-32(33)34/h5-15,32H,16-17H2,1-4H3. The van der Waals surface area contributed by atoms with Gasteiger partial charge in [-0.3, -0.25) is 0 Å². The van der Waals surface area contributed by atoms with Crippen LogP contribution in [0.4, 0.5) is 8.78 Å². The highest BCUT2D eigenvalue weighted by atomic mass is 19.3. The van der Waals surface area contributed by atoms with Crippen molar-refractivity contribution in [1.29, 1.82) is 0 Å². The van der Waals surface area contributed by atoms with Crippen LogP contribution in [0.1, 0.15) is 49.3 Å². The largest absolute Gasteiger partial charge is 0.465 e. The van der Waals surface area contributed by atoms with Crippen molar-refractivity contribution < 1.29 is 23.0 Å². The number of benzene rings is 4. The van der Waals surface area contributed by atoms with Gasteiger partial charge in [0, 0.05) is 0 Å². The van der Waals surface area contributed by atoms with Crippen LogP contribution in [0.25, 0.3) is 22.3 Å². The maximum atomic E-state index is 12.8. The lowest BCUT2D eigenvalue weighted by molar-refractivity contribution is -0.0498. The van der Waals surface area contributed by atoms with Crippen LogP contribution in [0.5, 0.6) is 5.75 Å². The smallest absolute Gasteiger partial charge is 0.387 e. The Kier molecular flexibility index (Phi) is 6.55. The molecule has 0 N–H and O–H groups in total. The Morgan fingerprint density at radius 2 is 1.59 bits per heavy atom. The van der Waals surface area contributed by atoms with Crippen molar-refractivity contribution in [2.24, 2.45) is 0 Å². The Morgan fingerprint density at radius 3 is 2.30 bits per heavy atom. The molecule has 0 spiro atoms. The number of rotatable bonds is 6. The molecular formula is C32H28F2O3. The molecule has 0 aliphatic heterocycles. The molecule has 0 saturated heterocycles. The van der Waals surface area contributed by atoms with Gasteiger partial charge in [0.25, 0.3) is 0 Å². The number of hydrogen-bond acceptors (Lipinski definition) is 3. The van der Waals surface area contributed by atoms with Gasteiger partial charge in [-0.1, -0.05) is 48.5 Å². The molecule has 0 fully saturated rings. The molecule has 188 valence electrons. The summed E-state index contributed by atoms with van der Waals surface area (Å²) in [6.45, 7) is 3.37. The van der Waals surface area contributed by atoms with Crippen molar-refractivity contribution in [3.8, 4) is 28.0 Å². The van der Waals surface area contributed by atoms with E-state index in [1.807, 2.05) is 24.3 Å². The first-order valence-corrected chi connectivity index (χ1v) is 12.2. The van der Waals surface area contributed by atoms with E-state index >= 15 is 0 Å². The first-order chi connectivity index (χ1) is 17.8. The molecule has 0 atom stereocenters. The summed E-state index contributed by atoms with van der Waals surface area (Å²) in [6.07, 6.45) is 1.43. The molecule has 0 radical (unpaired) electrons. The van der Waals surface area contributed by atoms with Crippen LogP contribution in [-0.2, 0) is 17.6 Å². The molecule has 0 heterocycles. The van der Waals surface area contributed by atoms with Crippen LogP contribution in [0.15, 0.2) is 66.7 Å². The fourth-order valence-corrected chi connectivity index (χ4v) is 5.44. The van der Waals surface area contributed by atoms with Gasteiger partial charge in [0.1, 0.15) is 5.75 Å². The third-order valence-electron chi connectivity index (χ3n) is 7.33. The fraction of sp³-hybridized carbons (Fsp3) is 0.219. The molecular weight excluding hydrogens is 470 g/mol. The lowest BCUT2D eigenvalue weighted by Crippen LogP contribution is -2.07. The molecule has 3 nitrogen and oxygen atoms in total. The molecule has 5 heteroatoms. The zero-order valence-electron chi connectivity index (χ0n) is 21.3. The molecule has 0 amide bonds. The second-order valence-electron chi connectivity index (χ2n) is 9.53. The molecule has 1 aliphatic carbocycles. The van der Waals surface area contributed by atoms with Gasteiger partial charge in [0.05, 0.1) is 12.7 Å². The summed E-state index contributed by atoms with van der Waals surface area (Å²) in [5.74, 6) is -0.192. The zero-order valence-corrected chi connectivity index (χ0v) is 21.3. The molecule has 4 aromatic rings. The molecule has 37 heavy (non-hydrogen) atoms. The highest BCUT2D eigenvalue weighted by Gasteiger charge is 2.28. The Hall–Kier alpha value is -3.99. The maximum absolute atomic E-state index is 12.8. The number of halogens is 2. The Bertz CT molecular complexity index is 1500. The third-order valence-corrected chi connectivity index (χ3v) is 7.33. The van der Waals surface area contributed by atoms with E-state index in [-0.39, 0.29) is 11.7 Å². The van der Waals surface area contributed by atoms with Crippen LogP contribution < -0.4 is 4.74 Å². The fourth-order valence-electron chi connectivity index (χ4n) is 5.44. The summed E-state index contributed by atoms with van der Waals surface area (Å²) in [5.41, 5.74) is 12.9. The Labute approximate surface area is 215 Å². The third kappa shape index (κ3) is 4.50. The van der Waals surface area contributed by atoms with Crippen LogP contribution in [0.2, 0.25) is 0 Å². The second kappa shape index (κ2) is 9.81. The molecule has 0 unspecified atom stereocenters. The number of ether oxygens (including phenoxy) is 2. The van der Waals surface area contributed by atoms with Crippen molar-refractivity contribution >= 4 is 5.97 Å². The minimum atomic E-state index is -2.84. The van der Waals surface area contributed by atoms with Gasteiger partial charge in [0.2, 0.25) is 0 Å². The van der Waals surface area contributed by atoms with Gasteiger partial charge < -0.3 is 9.47 Å². The first-order valence-electron chi connectivity index (χ1n) is 12.2. The van der Waals surface area contributed by atoms with Gasteiger partial charge in [-0.25, -0.2) is 4.79 Å². The number of hydrogen-bond donors (Lipinski definition) is 0. The Morgan fingerprint density at radius 1 is 0.865 bits per heavy atom. The van der Waals surface area contributed by atoms with E-state index in [1.165, 1.54) is 34.9 Å². The normalized spacial score (nSPS) is 11.9. The van der Waals surface area contributed by atoms with Crippen LogP contribution in [-0.4, -0.2) is 19.7 Å². The van der Waals surface area contributed by atoms with Gasteiger partial charge in [0.15, 0.2) is 0 Å². The first kappa shape index (κ1) is 24.7. The lowest BCUT2D eigenvalue weighted by atomic mass is 9.85. The molecule has 4 aromatic carbocycles. The minimum Gasteiger partial charge on any atom is -0.465 e. The van der Waals surface area contributed by atoms with E-state index < -0.39 is 6.61 Å². The average Bonchev–Trinajstić information content (AvgIpc) is 3.26. The Balaban J connectivity index is 1.62. The van der Waals surface area contributed by atoms with Crippen molar-refractivity contribution in [2.45, 2.75) is 40.2 Å². The summed E-state index contributed by atoms with van der Waals surface area (Å²) in [7, 11) is 1.41. The van der Waals surface area contributed by atoms with Gasteiger partial charge >= 0.3 is 12.6 Å². The van der Waals surface area contributed by atoms with Crippen molar-refractivity contribution in [1.82, 2.24) is 0 Å². The number of carbonyl (C=O) groups excluding carboxylic acids is 1. The van der Waals surface area contributed by atoms with Crippen LogP contribution >= 0.6 is 0 Å². The predicted octanol–water partition coefficient (Wildman–Crippen LogP) is 7.83. The van der Waals surface area contributed by atoms with E-state index in [0.29, 0.717) is 12.0 Å². The second-order valence-corrected chi connectivity index (χ2v) is 9.53. The quantitative estimate of drug-likeness (QED) is 0.224. The van der Waals surface area contributed by atoms with Crippen molar-refractivity contribution in [3.63, 3.8) is 0 Å². The van der Waals surface area contributed by atoms with E-state index in [0.717, 1.165) is 39.8 Å². The topological polar surface area (TPSA) is 35.5 Å². The SMILES string of the molecule is COC(=O)c1ccc(C)c(C)c1-c1c(C)ccc2c1Cc1cccc(Cc3ccc(OC(F)F)cc3)c1-2. The summed E-state index contributed by atoms with van der Waals surface area (Å²) < 4.78 is 34.7. The van der Waals surface area contributed by atoms with Crippen molar-refractivity contribution in [2.75, 3.05) is 7.11 Å². The van der Waals surface area contributed by atoms with Crippen molar-refractivity contribution in [3.05, 3.63) is 111 Å². The average molecular weight is 499 g/mol. The maximum Gasteiger partial charge on any atom is 0.387 e. The number of esters is 1. The number of aryl methyl sites for hydroxylation is 2. The highest BCUT2D eigenvalue weighted by molar-refractivity contribution is 6.01. The van der Waals surface area contributed by atoms with E-state index in [9.17, 15) is 13.6 Å². The van der Waals surface area contributed by atoms with Crippen LogP contribution in [0.3, 0.4) is 0 Å². The number of alkyl halides is 2. The number of carbonyl (C=O) groups is 1. The molecule has 1 aliphatic rings. The monoisotopic (exact) mass is 498 g/mol. The molecule has 0 bridgehead atoms. The summed E-state index contributed by atoms with van der Waals surface area (Å²) in [4.78, 5) is 12.8. The number of methoxy groups -OCH3 is 1. The predicted molar refractivity (Wildman–Crippen MR) is 142 cm³/mol. The molecule has 0 aromatic heterocycles. The van der Waals surface area contributed by atoms with Crippen LogP contribution in [0, 0.1) is 20.8 Å². The van der Waals surface area contributed by atoms with E-state index in [1.54, 1.807) is 12.1 Å². The minimum absolute atomic E-state index is 0.150. The van der Waals surface area contributed by atoms with E-state index in [2.05, 4.69) is 55.8 Å². The summed E-state index contributed by atoms with van der Waals surface area (Å²) >= 11 is 0. The van der Waals surface area contributed by atoms with Gasteiger partial charge in [-0.05, 0) is 113 Å². The zero-order chi connectivity index (χ0) is 26.3. The summed E-state index contributed by atoms with van der Waals surface area (Å²) in [5, 5.41) is 0. The van der Waals surface area contributed by atoms with Gasteiger partial charge in [-0.2, -0.15) is 8.78 Å².